The van der Waals surface area contributed by atoms with Gasteiger partial charge < -0.3 is 10.6 Å². The summed E-state index contributed by atoms with van der Waals surface area (Å²) >= 11 is 0. The van der Waals surface area contributed by atoms with Crippen LogP contribution in [-0.2, 0) is 4.79 Å². The summed E-state index contributed by atoms with van der Waals surface area (Å²) < 4.78 is 0. The number of amides is 1. The molecule has 0 aromatic rings. The molecule has 1 rings (SSSR count). The van der Waals surface area contributed by atoms with Gasteiger partial charge in [0.1, 0.15) is 0 Å². The highest BCUT2D eigenvalue weighted by Crippen LogP contribution is 2.19. The minimum Gasteiger partial charge on any atom is -0.342 e. The Balaban J connectivity index is 2.15. The Bertz CT molecular complexity index is 255. The fourth-order valence-electron chi connectivity index (χ4n) is 2.92. The summed E-state index contributed by atoms with van der Waals surface area (Å²) in [4.78, 5) is 14.2. The van der Waals surface area contributed by atoms with Gasteiger partial charge in [0, 0.05) is 25.6 Å². The summed E-state index contributed by atoms with van der Waals surface area (Å²) in [6, 6.07) is 0.295. The van der Waals surface area contributed by atoms with E-state index in [0.717, 1.165) is 38.8 Å². The molecule has 1 heterocycles. The maximum absolute atomic E-state index is 12.1. The number of carbonyl (C=O) groups is 1. The van der Waals surface area contributed by atoms with Crippen LogP contribution in [0.1, 0.15) is 71.6 Å². The highest BCUT2D eigenvalue weighted by molar-refractivity contribution is 5.76. The third-order valence-corrected chi connectivity index (χ3v) is 4.41. The van der Waals surface area contributed by atoms with Gasteiger partial charge in [-0.15, -0.1) is 0 Å². The van der Waals surface area contributed by atoms with Gasteiger partial charge in [-0.25, -0.2) is 0 Å². The Morgan fingerprint density at radius 1 is 1.16 bits per heavy atom. The Labute approximate surface area is 118 Å². The van der Waals surface area contributed by atoms with Crippen molar-refractivity contribution in [3.63, 3.8) is 0 Å². The zero-order valence-electron chi connectivity index (χ0n) is 12.9. The van der Waals surface area contributed by atoms with Crippen molar-refractivity contribution in [2.24, 2.45) is 11.7 Å². The number of unbranched alkanes of at least 4 members (excludes halogenated alkanes) is 5. The standard InChI is InChI=1S/C16H32N2O/c1-3-5-6-7-8-9-10-16(19)18-12-11-15(17)14(4-2)13-18/h14-15H,3-13,17H2,1-2H3. The molecule has 1 saturated heterocycles. The van der Waals surface area contributed by atoms with Crippen molar-refractivity contribution in [3.05, 3.63) is 0 Å². The molecule has 0 aromatic heterocycles. The molecule has 1 aliphatic rings. The number of rotatable bonds is 8. The quantitative estimate of drug-likeness (QED) is 0.686. The maximum Gasteiger partial charge on any atom is 0.222 e. The van der Waals surface area contributed by atoms with Gasteiger partial charge in [-0.3, -0.25) is 4.79 Å². The molecule has 2 unspecified atom stereocenters. The van der Waals surface area contributed by atoms with Gasteiger partial charge in [0.05, 0.1) is 0 Å². The number of nitrogens with two attached hydrogens (primary N) is 1. The molecular formula is C16H32N2O. The van der Waals surface area contributed by atoms with Crippen molar-refractivity contribution in [2.45, 2.75) is 77.7 Å². The second kappa shape index (κ2) is 9.35. The van der Waals surface area contributed by atoms with Gasteiger partial charge in [0.15, 0.2) is 0 Å². The summed E-state index contributed by atoms with van der Waals surface area (Å²) in [6.45, 7) is 6.15. The van der Waals surface area contributed by atoms with E-state index in [0.29, 0.717) is 17.9 Å². The summed E-state index contributed by atoms with van der Waals surface area (Å²) in [5.41, 5.74) is 6.08. The number of hydrogen-bond acceptors (Lipinski definition) is 2. The largest absolute Gasteiger partial charge is 0.342 e. The van der Waals surface area contributed by atoms with E-state index >= 15 is 0 Å². The molecule has 2 N–H and O–H groups in total. The Morgan fingerprint density at radius 2 is 1.84 bits per heavy atom. The molecule has 0 radical (unpaired) electrons. The molecule has 19 heavy (non-hydrogen) atoms. The molecule has 0 aromatic carbocycles. The van der Waals surface area contributed by atoms with Crippen molar-refractivity contribution in [1.82, 2.24) is 4.90 Å². The van der Waals surface area contributed by atoms with E-state index in [9.17, 15) is 4.79 Å². The van der Waals surface area contributed by atoms with E-state index in [-0.39, 0.29) is 0 Å². The smallest absolute Gasteiger partial charge is 0.222 e. The molecule has 3 nitrogen and oxygen atoms in total. The normalized spacial score (nSPS) is 23.6. The van der Waals surface area contributed by atoms with Crippen molar-refractivity contribution >= 4 is 5.91 Å². The van der Waals surface area contributed by atoms with Gasteiger partial charge in [-0.05, 0) is 18.8 Å². The minimum atomic E-state index is 0.295. The van der Waals surface area contributed by atoms with Crippen molar-refractivity contribution in [3.8, 4) is 0 Å². The van der Waals surface area contributed by atoms with Crippen LogP contribution in [0.3, 0.4) is 0 Å². The average molecular weight is 268 g/mol. The molecule has 1 amide bonds. The lowest BCUT2D eigenvalue weighted by atomic mass is 9.90. The molecular weight excluding hydrogens is 236 g/mol. The summed E-state index contributed by atoms with van der Waals surface area (Å²) in [5.74, 6) is 0.850. The lowest BCUT2D eigenvalue weighted by Gasteiger charge is -2.36. The van der Waals surface area contributed by atoms with Crippen LogP contribution in [-0.4, -0.2) is 29.9 Å². The molecule has 0 spiro atoms. The van der Waals surface area contributed by atoms with Crippen molar-refractivity contribution < 1.29 is 4.79 Å². The minimum absolute atomic E-state index is 0.295. The average Bonchev–Trinajstić information content (AvgIpc) is 2.43. The Kier molecular flexibility index (Phi) is 8.11. The van der Waals surface area contributed by atoms with Crippen LogP contribution in [0, 0.1) is 5.92 Å². The fourth-order valence-corrected chi connectivity index (χ4v) is 2.92. The van der Waals surface area contributed by atoms with E-state index in [4.69, 9.17) is 5.73 Å². The number of likely N-dealkylation sites (tertiary alicyclic amines) is 1. The number of nitrogens with zero attached hydrogens (tertiary/aromatic N) is 1. The molecule has 1 aliphatic heterocycles. The van der Waals surface area contributed by atoms with Crippen LogP contribution >= 0.6 is 0 Å². The Hall–Kier alpha value is -0.570. The first-order valence-electron chi connectivity index (χ1n) is 8.22. The molecule has 1 fully saturated rings. The molecule has 0 bridgehead atoms. The van der Waals surface area contributed by atoms with E-state index in [1.165, 1.54) is 32.1 Å². The number of piperidine rings is 1. The molecule has 0 aliphatic carbocycles. The Morgan fingerprint density at radius 3 is 2.53 bits per heavy atom. The van der Waals surface area contributed by atoms with Crippen LogP contribution in [0.15, 0.2) is 0 Å². The number of carbonyl (C=O) groups excluding carboxylic acids is 1. The topological polar surface area (TPSA) is 46.3 Å². The number of hydrogen-bond donors (Lipinski definition) is 1. The van der Waals surface area contributed by atoms with Gasteiger partial charge in [0.25, 0.3) is 0 Å². The zero-order chi connectivity index (χ0) is 14.1. The van der Waals surface area contributed by atoms with Crippen LogP contribution in [0.25, 0.3) is 0 Å². The first-order chi connectivity index (χ1) is 9.19. The third-order valence-electron chi connectivity index (χ3n) is 4.41. The predicted molar refractivity (Wildman–Crippen MR) is 80.9 cm³/mol. The van der Waals surface area contributed by atoms with Crippen LogP contribution in [0.5, 0.6) is 0 Å². The van der Waals surface area contributed by atoms with Gasteiger partial charge in [-0.2, -0.15) is 0 Å². The van der Waals surface area contributed by atoms with Crippen LogP contribution in [0.4, 0.5) is 0 Å². The lowest BCUT2D eigenvalue weighted by molar-refractivity contribution is -0.133. The van der Waals surface area contributed by atoms with Crippen molar-refractivity contribution in [1.29, 1.82) is 0 Å². The summed E-state index contributed by atoms with van der Waals surface area (Å²) in [6.07, 6.45) is 10.3. The lowest BCUT2D eigenvalue weighted by Crippen LogP contribution is -2.48. The molecule has 2 atom stereocenters. The second-order valence-electron chi connectivity index (χ2n) is 5.98. The fraction of sp³-hybridized carbons (Fsp3) is 0.938. The van der Waals surface area contributed by atoms with Gasteiger partial charge in [-0.1, -0.05) is 52.4 Å². The zero-order valence-corrected chi connectivity index (χ0v) is 12.9. The first-order valence-corrected chi connectivity index (χ1v) is 8.22. The van der Waals surface area contributed by atoms with Gasteiger partial charge >= 0.3 is 0 Å². The first kappa shape index (κ1) is 16.5. The molecule has 3 heteroatoms. The molecule has 112 valence electrons. The van der Waals surface area contributed by atoms with Crippen LogP contribution in [0.2, 0.25) is 0 Å². The SMILES string of the molecule is CCCCCCCCC(=O)N1CCC(N)C(CC)C1. The second-order valence-corrected chi connectivity index (χ2v) is 5.98. The molecule has 0 saturated carbocycles. The monoisotopic (exact) mass is 268 g/mol. The predicted octanol–water partition coefficient (Wildman–Crippen LogP) is 3.32. The van der Waals surface area contributed by atoms with E-state index in [1.807, 2.05) is 4.90 Å². The maximum atomic E-state index is 12.1. The van der Waals surface area contributed by atoms with Crippen LogP contribution < -0.4 is 5.73 Å². The van der Waals surface area contributed by atoms with E-state index in [1.54, 1.807) is 0 Å². The third kappa shape index (κ3) is 5.94. The highest BCUT2D eigenvalue weighted by atomic mass is 16.2. The highest BCUT2D eigenvalue weighted by Gasteiger charge is 2.27. The van der Waals surface area contributed by atoms with E-state index in [2.05, 4.69) is 13.8 Å². The summed E-state index contributed by atoms with van der Waals surface area (Å²) in [5, 5.41) is 0. The summed E-state index contributed by atoms with van der Waals surface area (Å²) in [7, 11) is 0. The van der Waals surface area contributed by atoms with Crippen molar-refractivity contribution in [2.75, 3.05) is 13.1 Å². The van der Waals surface area contributed by atoms with E-state index < -0.39 is 0 Å². The van der Waals surface area contributed by atoms with Gasteiger partial charge in [0.2, 0.25) is 5.91 Å².